The maximum Gasteiger partial charge on any atom is 0.335 e. The molecule has 0 aliphatic rings. The smallest absolute Gasteiger partial charge is 0.335 e. The van der Waals surface area contributed by atoms with Crippen LogP contribution in [0.1, 0.15) is 29.3 Å². The van der Waals surface area contributed by atoms with Gasteiger partial charge < -0.3 is 10.0 Å². The monoisotopic (exact) mass is 423 g/mol. The number of carbonyl (C=O) groups excluding carboxylic acids is 1. The lowest BCUT2D eigenvalue weighted by Crippen LogP contribution is -2.34. The number of carbonyl (C=O) groups is 2. The topological polar surface area (TPSA) is 57.6 Å². The summed E-state index contributed by atoms with van der Waals surface area (Å²) >= 11 is 2.21. The second-order valence-electron chi connectivity index (χ2n) is 5.14. The van der Waals surface area contributed by atoms with Crippen molar-refractivity contribution in [3.8, 4) is 0 Å². The van der Waals surface area contributed by atoms with Gasteiger partial charge in [0.1, 0.15) is 0 Å². The van der Waals surface area contributed by atoms with E-state index >= 15 is 0 Å². The number of halogens is 1. The first-order chi connectivity index (χ1) is 11.0. The predicted molar refractivity (Wildman–Crippen MR) is 98.9 cm³/mol. The maximum atomic E-state index is 12.8. The van der Waals surface area contributed by atoms with Crippen molar-refractivity contribution < 1.29 is 14.7 Å². The zero-order valence-electron chi connectivity index (χ0n) is 12.8. The van der Waals surface area contributed by atoms with E-state index < -0.39 is 5.97 Å². The quantitative estimate of drug-likeness (QED) is 0.716. The summed E-state index contributed by atoms with van der Waals surface area (Å²) in [4.78, 5) is 25.8. The Labute approximate surface area is 149 Å². The van der Waals surface area contributed by atoms with E-state index in [-0.39, 0.29) is 17.9 Å². The molecular weight excluding hydrogens is 405 g/mol. The zero-order chi connectivity index (χ0) is 16.8. The van der Waals surface area contributed by atoms with Gasteiger partial charge in [-0.1, -0.05) is 37.3 Å². The summed E-state index contributed by atoms with van der Waals surface area (Å²) in [6, 6.07) is 14.4. The van der Waals surface area contributed by atoms with Crippen LogP contribution in [-0.2, 0) is 11.2 Å². The molecule has 120 valence electrons. The first-order valence-corrected chi connectivity index (χ1v) is 8.48. The molecule has 1 amide bonds. The van der Waals surface area contributed by atoms with Gasteiger partial charge in [-0.15, -0.1) is 0 Å². The van der Waals surface area contributed by atoms with Crippen LogP contribution in [0.2, 0.25) is 0 Å². The van der Waals surface area contributed by atoms with E-state index in [1.165, 1.54) is 6.07 Å². The molecule has 0 saturated carbocycles. The summed E-state index contributed by atoms with van der Waals surface area (Å²) < 4.78 is 0.999. The van der Waals surface area contributed by atoms with Crippen molar-refractivity contribution in [1.82, 2.24) is 0 Å². The van der Waals surface area contributed by atoms with E-state index in [0.717, 1.165) is 15.7 Å². The highest BCUT2D eigenvalue weighted by Gasteiger charge is 2.20. The third-order valence-corrected chi connectivity index (χ3v) is 4.39. The number of carboxylic acids is 1. The number of nitrogens with zero attached hydrogens (tertiary/aromatic N) is 1. The van der Waals surface area contributed by atoms with E-state index in [9.17, 15) is 14.7 Å². The molecule has 23 heavy (non-hydrogen) atoms. The van der Waals surface area contributed by atoms with Crippen LogP contribution < -0.4 is 4.90 Å². The number of rotatable bonds is 6. The molecule has 0 fully saturated rings. The highest BCUT2D eigenvalue weighted by atomic mass is 127. The van der Waals surface area contributed by atoms with Crippen LogP contribution in [-0.4, -0.2) is 23.5 Å². The van der Waals surface area contributed by atoms with Crippen LogP contribution in [0.5, 0.6) is 0 Å². The number of amides is 1. The summed E-state index contributed by atoms with van der Waals surface area (Å²) in [5, 5.41) is 9.26. The molecule has 2 aromatic rings. The van der Waals surface area contributed by atoms with Crippen molar-refractivity contribution >= 4 is 40.2 Å². The minimum Gasteiger partial charge on any atom is -0.478 e. The van der Waals surface area contributed by atoms with Crippen LogP contribution in [0.25, 0.3) is 0 Å². The summed E-state index contributed by atoms with van der Waals surface area (Å²) in [6.45, 7) is 2.62. The molecule has 5 heteroatoms. The predicted octanol–water partition coefficient (Wildman–Crippen LogP) is 3.98. The molecule has 0 spiro atoms. The lowest BCUT2D eigenvalue weighted by molar-refractivity contribution is -0.118. The Balaban J connectivity index is 2.30. The largest absolute Gasteiger partial charge is 0.478 e. The summed E-state index contributed by atoms with van der Waals surface area (Å²) in [6.07, 6.45) is 0.907. The fourth-order valence-corrected chi connectivity index (χ4v) is 3.09. The third kappa shape index (κ3) is 4.31. The molecule has 2 aromatic carbocycles. The molecule has 0 unspecified atom stereocenters. The van der Waals surface area contributed by atoms with Crippen LogP contribution in [0.3, 0.4) is 0 Å². The van der Waals surface area contributed by atoms with Crippen LogP contribution in [0.4, 0.5) is 5.69 Å². The van der Waals surface area contributed by atoms with Gasteiger partial charge in [0.15, 0.2) is 0 Å². The van der Waals surface area contributed by atoms with Gasteiger partial charge in [0.2, 0.25) is 5.91 Å². The first kappa shape index (κ1) is 17.5. The third-order valence-electron chi connectivity index (χ3n) is 3.48. The molecule has 0 atom stereocenters. The molecule has 0 heterocycles. The molecule has 0 aliphatic heterocycles. The summed E-state index contributed by atoms with van der Waals surface area (Å²) in [5.74, 6) is -1.10. The maximum absolute atomic E-state index is 12.8. The summed E-state index contributed by atoms with van der Waals surface area (Å²) in [5.41, 5.74) is 1.59. The Hall–Kier alpha value is -1.89. The van der Waals surface area contributed by atoms with E-state index in [0.29, 0.717) is 12.1 Å². The lowest BCUT2D eigenvalue weighted by atomic mass is 10.0. The van der Waals surface area contributed by atoms with Crippen molar-refractivity contribution in [2.75, 3.05) is 11.4 Å². The molecule has 0 aromatic heterocycles. The second-order valence-corrected chi connectivity index (χ2v) is 6.30. The van der Waals surface area contributed by atoms with Crippen LogP contribution >= 0.6 is 22.6 Å². The zero-order valence-corrected chi connectivity index (χ0v) is 15.0. The Morgan fingerprint density at radius 3 is 2.39 bits per heavy atom. The Kier molecular flexibility index (Phi) is 6.15. The lowest BCUT2D eigenvalue weighted by Gasteiger charge is -2.24. The summed E-state index contributed by atoms with van der Waals surface area (Å²) in [7, 11) is 0. The van der Waals surface area contributed by atoms with Gasteiger partial charge in [-0.2, -0.15) is 0 Å². The molecule has 2 rings (SSSR count). The number of carboxylic acid groups (broad SMARTS) is 1. The van der Waals surface area contributed by atoms with Gasteiger partial charge in [-0.25, -0.2) is 4.79 Å². The molecular formula is C18H18INO3. The fraction of sp³-hybridized carbons (Fsp3) is 0.222. The molecule has 0 aliphatic carbocycles. The minimum atomic E-state index is -1.01. The van der Waals surface area contributed by atoms with Crippen molar-refractivity contribution in [3.05, 3.63) is 63.2 Å². The van der Waals surface area contributed by atoms with E-state index in [1.807, 2.05) is 31.2 Å². The molecule has 1 N–H and O–H groups in total. The highest BCUT2D eigenvalue weighted by molar-refractivity contribution is 14.1. The van der Waals surface area contributed by atoms with Gasteiger partial charge in [-0.05, 0) is 52.8 Å². The van der Waals surface area contributed by atoms with Crippen LogP contribution in [0.15, 0.2) is 48.5 Å². The number of hydrogen-bond acceptors (Lipinski definition) is 2. The van der Waals surface area contributed by atoms with Gasteiger partial charge in [0, 0.05) is 10.1 Å². The van der Waals surface area contributed by atoms with Crippen molar-refractivity contribution in [2.45, 2.75) is 19.8 Å². The van der Waals surface area contributed by atoms with Gasteiger partial charge in [0.05, 0.1) is 17.7 Å². The number of hydrogen-bond donors (Lipinski definition) is 1. The highest BCUT2D eigenvalue weighted by Crippen LogP contribution is 2.23. The van der Waals surface area contributed by atoms with Gasteiger partial charge >= 0.3 is 5.97 Å². The number of para-hydroxylation sites is 1. The number of benzene rings is 2. The number of aromatic carboxylic acids is 1. The normalized spacial score (nSPS) is 10.3. The average molecular weight is 423 g/mol. The SMILES string of the molecule is CCCN(C(=O)Cc1ccccc1C(=O)O)c1ccccc1I. The Bertz CT molecular complexity index is 715. The Morgan fingerprint density at radius 2 is 1.74 bits per heavy atom. The molecule has 0 bridgehead atoms. The second kappa shape index (κ2) is 8.10. The minimum absolute atomic E-state index is 0.0768. The van der Waals surface area contributed by atoms with E-state index in [4.69, 9.17) is 0 Å². The van der Waals surface area contributed by atoms with Gasteiger partial charge in [0.25, 0.3) is 0 Å². The van der Waals surface area contributed by atoms with E-state index in [1.54, 1.807) is 23.1 Å². The molecule has 4 nitrogen and oxygen atoms in total. The Morgan fingerprint density at radius 1 is 1.09 bits per heavy atom. The fourth-order valence-electron chi connectivity index (χ4n) is 2.42. The molecule has 0 radical (unpaired) electrons. The van der Waals surface area contributed by atoms with Crippen molar-refractivity contribution in [1.29, 1.82) is 0 Å². The average Bonchev–Trinajstić information content (AvgIpc) is 2.53. The standard InChI is InChI=1S/C18H18INO3/c1-2-11-20(16-10-6-5-9-15(16)19)17(21)12-13-7-3-4-8-14(13)18(22)23/h3-10H,2,11-12H2,1H3,(H,22,23). The number of anilines is 1. The molecule has 0 saturated heterocycles. The van der Waals surface area contributed by atoms with Gasteiger partial charge in [-0.3, -0.25) is 4.79 Å². The first-order valence-electron chi connectivity index (χ1n) is 7.40. The van der Waals surface area contributed by atoms with Crippen LogP contribution in [0, 0.1) is 3.57 Å². The van der Waals surface area contributed by atoms with Crippen molar-refractivity contribution in [2.24, 2.45) is 0 Å². The van der Waals surface area contributed by atoms with E-state index in [2.05, 4.69) is 22.6 Å². The van der Waals surface area contributed by atoms with Crippen molar-refractivity contribution in [3.63, 3.8) is 0 Å².